The van der Waals surface area contributed by atoms with Crippen LogP contribution < -0.4 is 23.3 Å². The molecule has 194 valence electrons. The zero-order valence-electron chi connectivity index (χ0n) is 22.7. The lowest BCUT2D eigenvalue weighted by atomic mass is 9.96. The Morgan fingerprint density at radius 2 is 1.21 bits per heavy atom. The van der Waals surface area contributed by atoms with E-state index in [2.05, 4.69) is 90.3 Å². The van der Waals surface area contributed by atoms with Gasteiger partial charge in [-0.05, 0) is 40.3 Å². The van der Waals surface area contributed by atoms with Crippen LogP contribution in [0.25, 0.3) is 49.3 Å². The summed E-state index contributed by atoms with van der Waals surface area (Å²) in [6.07, 6.45) is 2.09. The predicted octanol–water partition coefficient (Wildman–Crippen LogP) is 7.41. The van der Waals surface area contributed by atoms with Crippen LogP contribution in [0.1, 0.15) is 5.69 Å². The first-order chi connectivity index (χ1) is 19.1. The molecule has 6 aromatic rings. The number of rotatable bonds is 6. The number of methoxy groups -OCH3 is 4. The fourth-order valence-corrected chi connectivity index (χ4v) is 5.56. The average molecular weight is 517 g/mol. The van der Waals surface area contributed by atoms with Crippen molar-refractivity contribution in [1.82, 2.24) is 0 Å². The molecule has 0 atom stereocenters. The van der Waals surface area contributed by atoms with Gasteiger partial charge in [-0.1, -0.05) is 54.6 Å². The zero-order chi connectivity index (χ0) is 27.1. The van der Waals surface area contributed by atoms with E-state index in [9.17, 15) is 0 Å². The van der Waals surface area contributed by atoms with Crippen molar-refractivity contribution in [2.75, 3.05) is 28.4 Å². The number of nitrogens with zero attached hydrogens (tertiary/aromatic N) is 1. The van der Waals surface area contributed by atoms with Gasteiger partial charge in [0, 0.05) is 30.0 Å². The van der Waals surface area contributed by atoms with E-state index in [0.717, 1.165) is 49.6 Å². The molecule has 0 fully saturated rings. The zero-order valence-corrected chi connectivity index (χ0v) is 22.7. The Kier molecular flexibility index (Phi) is 6.20. The molecule has 0 N–H and O–H groups in total. The van der Waals surface area contributed by atoms with E-state index in [4.69, 9.17) is 18.9 Å². The monoisotopic (exact) mass is 516 g/mol. The lowest BCUT2D eigenvalue weighted by Gasteiger charge is -2.16. The van der Waals surface area contributed by atoms with Crippen LogP contribution in [0.3, 0.4) is 0 Å². The molecule has 2 heterocycles. The minimum Gasteiger partial charge on any atom is -0.496 e. The van der Waals surface area contributed by atoms with E-state index < -0.39 is 0 Å². The minimum atomic E-state index is 0.585. The Balaban J connectivity index is 1.60. The summed E-state index contributed by atoms with van der Waals surface area (Å²) in [6.45, 7) is 2.10. The Morgan fingerprint density at radius 1 is 0.564 bits per heavy atom. The van der Waals surface area contributed by atoms with Gasteiger partial charge in [0.15, 0.2) is 23.4 Å². The summed E-state index contributed by atoms with van der Waals surface area (Å²) in [7, 11) is 6.66. The van der Waals surface area contributed by atoms with Crippen molar-refractivity contribution in [3.63, 3.8) is 0 Å². The number of ether oxygens (including phenoxy) is 4. The quantitative estimate of drug-likeness (QED) is 0.131. The van der Waals surface area contributed by atoms with Crippen molar-refractivity contribution >= 4 is 27.1 Å². The first kappa shape index (κ1) is 24.6. The van der Waals surface area contributed by atoms with Gasteiger partial charge in [0.1, 0.15) is 5.75 Å². The van der Waals surface area contributed by atoms with Gasteiger partial charge < -0.3 is 18.9 Å². The molecule has 2 aromatic heterocycles. The van der Waals surface area contributed by atoms with Crippen molar-refractivity contribution in [1.29, 1.82) is 0 Å². The molecule has 5 nitrogen and oxygen atoms in total. The maximum Gasteiger partial charge on any atom is 0.219 e. The highest BCUT2D eigenvalue weighted by molar-refractivity contribution is 6.03. The Labute approximate surface area is 227 Å². The largest absolute Gasteiger partial charge is 0.496 e. The standard InChI is InChI=1S/C34H30NO4/c1-21-32-26(19-31(37-3)33(38-4)34(32)39-5)17-29-27-20-28(30(36-2)18-25(27)15-16-35(21)29)24-13-11-23(12-14-24)22-9-7-6-8-10-22/h6-20H,1-5H3/q+1. The predicted molar refractivity (Wildman–Crippen MR) is 156 cm³/mol. The number of benzene rings is 4. The molecule has 0 aliphatic rings. The van der Waals surface area contributed by atoms with Crippen molar-refractivity contribution in [2.45, 2.75) is 6.92 Å². The second-order valence-corrected chi connectivity index (χ2v) is 9.49. The fourth-order valence-electron chi connectivity index (χ4n) is 5.56. The SMILES string of the molecule is COc1cc2cc[n+]3c(C)c4c(OC)c(OC)c(OC)cc4cc3c2cc1-c1ccc(-c2ccccc2)cc1. The lowest BCUT2D eigenvalue weighted by Crippen LogP contribution is -2.26. The third kappa shape index (κ3) is 3.98. The van der Waals surface area contributed by atoms with Crippen LogP contribution in [0.15, 0.2) is 91.1 Å². The molecule has 0 saturated carbocycles. The molecule has 0 aliphatic carbocycles. The van der Waals surface area contributed by atoms with Crippen LogP contribution in [-0.4, -0.2) is 28.4 Å². The van der Waals surface area contributed by atoms with Gasteiger partial charge in [0.05, 0.1) is 39.2 Å². The van der Waals surface area contributed by atoms with Gasteiger partial charge in [-0.15, -0.1) is 0 Å². The fraction of sp³-hybridized carbons (Fsp3) is 0.147. The first-order valence-corrected chi connectivity index (χ1v) is 12.8. The molecule has 0 amide bonds. The number of aromatic nitrogens is 1. The number of hydrogen-bond donors (Lipinski definition) is 0. The highest BCUT2D eigenvalue weighted by Crippen LogP contribution is 2.45. The molecular weight excluding hydrogens is 486 g/mol. The maximum atomic E-state index is 5.86. The van der Waals surface area contributed by atoms with Crippen LogP contribution in [0.5, 0.6) is 23.0 Å². The van der Waals surface area contributed by atoms with Gasteiger partial charge in [0.2, 0.25) is 11.3 Å². The molecule has 0 unspecified atom stereocenters. The number of aryl methyl sites for hydroxylation is 1. The summed E-state index contributed by atoms with van der Waals surface area (Å²) >= 11 is 0. The van der Waals surface area contributed by atoms with Gasteiger partial charge in [-0.25, -0.2) is 0 Å². The molecule has 0 radical (unpaired) electrons. The molecule has 6 rings (SSSR count). The van der Waals surface area contributed by atoms with Crippen LogP contribution in [0.2, 0.25) is 0 Å². The van der Waals surface area contributed by atoms with Gasteiger partial charge in [0.25, 0.3) is 0 Å². The summed E-state index contributed by atoms with van der Waals surface area (Å²) in [5, 5.41) is 4.22. The van der Waals surface area contributed by atoms with E-state index in [1.165, 1.54) is 11.1 Å². The number of fused-ring (bicyclic) bond motifs is 4. The van der Waals surface area contributed by atoms with E-state index in [0.29, 0.717) is 17.2 Å². The molecule has 5 heteroatoms. The summed E-state index contributed by atoms with van der Waals surface area (Å²) < 4.78 is 25.2. The third-order valence-electron chi connectivity index (χ3n) is 7.49. The van der Waals surface area contributed by atoms with Gasteiger partial charge in [-0.2, -0.15) is 4.40 Å². The molecule has 0 bridgehead atoms. The highest BCUT2D eigenvalue weighted by atomic mass is 16.5. The normalized spacial score (nSPS) is 11.2. The molecule has 4 aromatic carbocycles. The minimum absolute atomic E-state index is 0.585. The van der Waals surface area contributed by atoms with E-state index >= 15 is 0 Å². The van der Waals surface area contributed by atoms with Crippen LogP contribution in [0, 0.1) is 6.92 Å². The number of pyridine rings is 2. The van der Waals surface area contributed by atoms with Crippen molar-refractivity contribution < 1.29 is 23.3 Å². The summed E-state index contributed by atoms with van der Waals surface area (Å²) in [4.78, 5) is 0. The summed E-state index contributed by atoms with van der Waals surface area (Å²) in [6, 6.07) is 29.7. The second kappa shape index (κ2) is 9.84. The van der Waals surface area contributed by atoms with Crippen LogP contribution in [0.4, 0.5) is 0 Å². The molecular formula is C34H30NO4+. The third-order valence-corrected chi connectivity index (χ3v) is 7.49. The van der Waals surface area contributed by atoms with E-state index in [1.54, 1.807) is 28.4 Å². The van der Waals surface area contributed by atoms with Crippen LogP contribution >= 0.6 is 0 Å². The molecule has 0 aliphatic heterocycles. The molecule has 0 saturated heterocycles. The van der Waals surface area contributed by atoms with Gasteiger partial charge >= 0.3 is 0 Å². The lowest BCUT2D eigenvalue weighted by molar-refractivity contribution is -0.516. The first-order valence-electron chi connectivity index (χ1n) is 12.8. The average Bonchev–Trinajstić information content (AvgIpc) is 2.99. The second-order valence-electron chi connectivity index (χ2n) is 9.49. The Hall–Kier alpha value is -4.77. The topological polar surface area (TPSA) is 41.0 Å². The number of hydrogen-bond acceptors (Lipinski definition) is 4. The molecule has 0 spiro atoms. The van der Waals surface area contributed by atoms with E-state index in [-0.39, 0.29) is 0 Å². The smallest absolute Gasteiger partial charge is 0.219 e. The summed E-state index contributed by atoms with van der Waals surface area (Å²) in [5.74, 6) is 2.71. The summed E-state index contributed by atoms with van der Waals surface area (Å²) in [5.41, 5.74) is 6.65. The van der Waals surface area contributed by atoms with Gasteiger partial charge in [-0.3, -0.25) is 0 Å². The Bertz CT molecular complexity index is 1840. The maximum absolute atomic E-state index is 5.86. The van der Waals surface area contributed by atoms with Crippen molar-refractivity contribution in [2.24, 2.45) is 0 Å². The van der Waals surface area contributed by atoms with Crippen LogP contribution in [-0.2, 0) is 0 Å². The van der Waals surface area contributed by atoms with Crippen molar-refractivity contribution in [3.05, 3.63) is 96.8 Å². The molecule has 39 heavy (non-hydrogen) atoms. The van der Waals surface area contributed by atoms with E-state index in [1.807, 2.05) is 12.1 Å². The highest BCUT2D eigenvalue weighted by Gasteiger charge is 2.24. The van der Waals surface area contributed by atoms with Crippen molar-refractivity contribution in [3.8, 4) is 45.3 Å². The Morgan fingerprint density at radius 3 is 1.87 bits per heavy atom.